The van der Waals surface area contributed by atoms with Gasteiger partial charge in [-0.1, -0.05) is 23.7 Å². The number of nitrogens with zero attached hydrogens (tertiary/aromatic N) is 1. The minimum absolute atomic E-state index is 0.134. The number of nitrogens with one attached hydrogen (secondary N) is 1. The molecule has 2 rings (SSSR count). The zero-order chi connectivity index (χ0) is 19.1. The van der Waals surface area contributed by atoms with Crippen molar-refractivity contribution in [3.63, 3.8) is 0 Å². The number of amides is 1. The summed E-state index contributed by atoms with van der Waals surface area (Å²) in [5.74, 6) is -1.30. The van der Waals surface area contributed by atoms with Gasteiger partial charge in [0, 0.05) is 22.9 Å². The van der Waals surface area contributed by atoms with E-state index in [4.69, 9.17) is 16.3 Å². The van der Waals surface area contributed by atoms with Crippen molar-refractivity contribution >= 4 is 40.9 Å². The molecule has 134 valence electrons. The van der Waals surface area contributed by atoms with Gasteiger partial charge in [0.05, 0.1) is 10.5 Å². The van der Waals surface area contributed by atoms with E-state index in [-0.39, 0.29) is 11.3 Å². The van der Waals surface area contributed by atoms with Gasteiger partial charge >= 0.3 is 5.97 Å². The number of nitro benzene ring substituents is 1. The van der Waals surface area contributed by atoms with Crippen LogP contribution in [0.25, 0.3) is 6.08 Å². The van der Waals surface area contributed by atoms with Crippen LogP contribution in [0.5, 0.6) is 0 Å². The van der Waals surface area contributed by atoms with Gasteiger partial charge < -0.3 is 10.1 Å². The summed E-state index contributed by atoms with van der Waals surface area (Å²) in [6.45, 7) is 1.42. The van der Waals surface area contributed by atoms with Gasteiger partial charge in [-0.05, 0) is 43.3 Å². The average Bonchev–Trinajstić information content (AvgIpc) is 2.62. The van der Waals surface area contributed by atoms with Crippen LogP contribution in [0.15, 0.2) is 54.6 Å². The molecule has 1 atom stereocenters. The zero-order valence-electron chi connectivity index (χ0n) is 13.7. The van der Waals surface area contributed by atoms with Gasteiger partial charge in [-0.2, -0.15) is 0 Å². The Kier molecular flexibility index (Phi) is 6.46. The Morgan fingerprint density at radius 1 is 1.19 bits per heavy atom. The van der Waals surface area contributed by atoms with Crippen molar-refractivity contribution in [1.82, 2.24) is 0 Å². The second-order valence-electron chi connectivity index (χ2n) is 5.22. The van der Waals surface area contributed by atoms with E-state index in [1.54, 1.807) is 30.3 Å². The molecular weight excluding hydrogens is 360 g/mol. The number of benzene rings is 2. The number of ether oxygens (including phenoxy) is 1. The highest BCUT2D eigenvalue weighted by molar-refractivity contribution is 6.30. The molecule has 0 unspecified atom stereocenters. The Morgan fingerprint density at radius 2 is 1.85 bits per heavy atom. The highest BCUT2D eigenvalue weighted by Crippen LogP contribution is 2.19. The van der Waals surface area contributed by atoms with Crippen molar-refractivity contribution < 1.29 is 19.2 Å². The third kappa shape index (κ3) is 5.42. The monoisotopic (exact) mass is 374 g/mol. The van der Waals surface area contributed by atoms with Gasteiger partial charge in [-0.15, -0.1) is 0 Å². The van der Waals surface area contributed by atoms with Crippen LogP contribution < -0.4 is 5.32 Å². The van der Waals surface area contributed by atoms with Crippen molar-refractivity contribution in [2.75, 3.05) is 5.32 Å². The lowest BCUT2D eigenvalue weighted by atomic mass is 10.1. The number of esters is 1. The molecule has 1 amide bonds. The molecule has 2 aromatic carbocycles. The quantitative estimate of drug-likeness (QED) is 0.358. The van der Waals surface area contributed by atoms with Crippen molar-refractivity contribution in [2.24, 2.45) is 0 Å². The van der Waals surface area contributed by atoms with Crippen LogP contribution in [0.1, 0.15) is 12.5 Å². The SMILES string of the molecule is C[C@H](OC(=O)/C=C/c1ccccc1[N+](=O)[O-])C(=O)Nc1ccc(Cl)cc1. The lowest BCUT2D eigenvalue weighted by Crippen LogP contribution is -2.29. The molecule has 1 N–H and O–H groups in total. The fourth-order valence-corrected chi connectivity index (χ4v) is 2.12. The molecule has 0 heterocycles. The zero-order valence-corrected chi connectivity index (χ0v) is 14.5. The molecule has 0 radical (unpaired) electrons. The first-order chi connectivity index (χ1) is 12.4. The largest absolute Gasteiger partial charge is 0.449 e. The minimum atomic E-state index is -1.05. The van der Waals surface area contributed by atoms with E-state index in [0.29, 0.717) is 10.7 Å². The Balaban J connectivity index is 1.95. The first-order valence-corrected chi connectivity index (χ1v) is 7.93. The van der Waals surface area contributed by atoms with E-state index in [9.17, 15) is 19.7 Å². The summed E-state index contributed by atoms with van der Waals surface area (Å²) >= 11 is 5.76. The predicted octanol–water partition coefficient (Wildman–Crippen LogP) is 3.83. The van der Waals surface area contributed by atoms with Gasteiger partial charge in [0.1, 0.15) is 0 Å². The molecule has 0 aliphatic heterocycles. The molecule has 0 saturated heterocycles. The third-order valence-electron chi connectivity index (χ3n) is 3.31. The van der Waals surface area contributed by atoms with Crippen LogP contribution in [0.3, 0.4) is 0 Å². The van der Waals surface area contributed by atoms with E-state index in [1.807, 2.05) is 0 Å². The molecule has 0 aliphatic carbocycles. The third-order valence-corrected chi connectivity index (χ3v) is 3.56. The highest BCUT2D eigenvalue weighted by Gasteiger charge is 2.17. The maximum Gasteiger partial charge on any atom is 0.331 e. The van der Waals surface area contributed by atoms with E-state index >= 15 is 0 Å². The van der Waals surface area contributed by atoms with E-state index in [1.165, 1.54) is 31.2 Å². The minimum Gasteiger partial charge on any atom is -0.449 e. The summed E-state index contributed by atoms with van der Waals surface area (Å²) in [5.41, 5.74) is 0.635. The van der Waals surface area contributed by atoms with Crippen LogP contribution in [-0.4, -0.2) is 22.9 Å². The second-order valence-corrected chi connectivity index (χ2v) is 5.66. The Hall–Kier alpha value is -3.19. The summed E-state index contributed by atoms with van der Waals surface area (Å²) < 4.78 is 5.00. The summed E-state index contributed by atoms with van der Waals surface area (Å²) in [4.78, 5) is 34.2. The molecule has 0 bridgehead atoms. The van der Waals surface area contributed by atoms with E-state index < -0.39 is 22.9 Å². The molecule has 8 heteroatoms. The van der Waals surface area contributed by atoms with Gasteiger partial charge in [0.2, 0.25) is 0 Å². The number of carbonyl (C=O) groups excluding carboxylic acids is 2. The first-order valence-electron chi connectivity index (χ1n) is 7.55. The molecule has 26 heavy (non-hydrogen) atoms. The number of hydrogen-bond acceptors (Lipinski definition) is 5. The number of nitro groups is 1. The topological polar surface area (TPSA) is 98.5 Å². The lowest BCUT2D eigenvalue weighted by molar-refractivity contribution is -0.385. The van der Waals surface area contributed by atoms with Gasteiger partial charge in [0.25, 0.3) is 11.6 Å². The number of rotatable bonds is 6. The molecular formula is C18H15ClN2O5. The number of hydrogen-bond donors (Lipinski definition) is 1. The van der Waals surface area contributed by atoms with Crippen molar-refractivity contribution in [1.29, 1.82) is 0 Å². The summed E-state index contributed by atoms with van der Waals surface area (Å²) in [7, 11) is 0. The number of halogens is 1. The molecule has 2 aromatic rings. The first kappa shape index (κ1) is 19.1. The number of anilines is 1. The number of para-hydroxylation sites is 1. The number of carbonyl (C=O) groups is 2. The molecule has 0 fully saturated rings. The molecule has 0 aliphatic rings. The molecule has 7 nitrogen and oxygen atoms in total. The summed E-state index contributed by atoms with van der Waals surface area (Å²) in [6, 6.07) is 12.4. The second kappa shape index (κ2) is 8.77. The van der Waals surface area contributed by atoms with Gasteiger partial charge in [-0.25, -0.2) is 4.79 Å². The fraction of sp³-hybridized carbons (Fsp3) is 0.111. The standard InChI is InChI=1S/C18H15ClN2O5/c1-12(18(23)20-15-9-7-14(19)8-10-15)26-17(22)11-6-13-4-2-3-5-16(13)21(24)25/h2-12H,1H3,(H,20,23)/b11-6+/t12-/m0/s1. The average molecular weight is 375 g/mol. The smallest absolute Gasteiger partial charge is 0.331 e. The van der Waals surface area contributed by atoms with Crippen LogP contribution in [-0.2, 0) is 14.3 Å². The highest BCUT2D eigenvalue weighted by atomic mass is 35.5. The van der Waals surface area contributed by atoms with Crippen molar-refractivity contribution in [3.8, 4) is 0 Å². The van der Waals surface area contributed by atoms with E-state index in [0.717, 1.165) is 6.08 Å². The van der Waals surface area contributed by atoms with Crippen molar-refractivity contribution in [2.45, 2.75) is 13.0 Å². The van der Waals surface area contributed by atoms with Crippen LogP contribution in [0.2, 0.25) is 5.02 Å². The maximum atomic E-state index is 12.0. The lowest BCUT2D eigenvalue weighted by Gasteiger charge is -2.12. The Morgan fingerprint density at radius 3 is 2.50 bits per heavy atom. The van der Waals surface area contributed by atoms with Crippen molar-refractivity contribution in [3.05, 3.63) is 75.3 Å². The summed E-state index contributed by atoms with van der Waals surface area (Å²) in [6.07, 6.45) is 1.26. The molecule has 0 saturated carbocycles. The van der Waals surface area contributed by atoms with Gasteiger partial charge in [-0.3, -0.25) is 14.9 Å². The fourth-order valence-electron chi connectivity index (χ4n) is 2.00. The normalized spacial score (nSPS) is 11.8. The van der Waals surface area contributed by atoms with Crippen LogP contribution in [0.4, 0.5) is 11.4 Å². The van der Waals surface area contributed by atoms with E-state index in [2.05, 4.69) is 5.32 Å². The molecule has 0 aromatic heterocycles. The molecule has 0 spiro atoms. The van der Waals surface area contributed by atoms with Crippen LogP contribution in [0, 0.1) is 10.1 Å². The maximum absolute atomic E-state index is 12.0. The summed E-state index contributed by atoms with van der Waals surface area (Å²) in [5, 5.41) is 14.0. The van der Waals surface area contributed by atoms with Crippen LogP contribution >= 0.6 is 11.6 Å². The predicted molar refractivity (Wildman–Crippen MR) is 97.8 cm³/mol. The Bertz CT molecular complexity index is 849. The Labute approximate surface area is 154 Å². The van der Waals surface area contributed by atoms with Gasteiger partial charge in [0.15, 0.2) is 6.10 Å².